The first-order valence-corrected chi connectivity index (χ1v) is 14.0. The van der Waals surface area contributed by atoms with Crippen molar-refractivity contribution in [3.63, 3.8) is 0 Å². The van der Waals surface area contributed by atoms with Gasteiger partial charge in [0.15, 0.2) is 11.6 Å². The number of hydrogen-bond donors (Lipinski definition) is 1. The Kier molecular flexibility index (Phi) is 7.38. The molecule has 2 heterocycles. The number of ether oxygens (including phenoxy) is 1. The van der Waals surface area contributed by atoms with Gasteiger partial charge in [-0.3, -0.25) is 4.79 Å². The van der Waals surface area contributed by atoms with Crippen LogP contribution in [0.3, 0.4) is 0 Å². The average molecular weight is 546 g/mol. The van der Waals surface area contributed by atoms with Crippen LogP contribution < -0.4 is 4.74 Å². The number of aromatic nitrogens is 4. The Bertz CT molecular complexity index is 1530. The Morgan fingerprint density at radius 1 is 1.27 bits per heavy atom. The quantitative estimate of drug-likeness (QED) is 0.374. The first-order chi connectivity index (χ1) is 19.0. The molecule has 1 atom stereocenters. The van der Waals surface area contributed by atoms with E-state index in [1.165, 1.54) is 6.07 Å². The number of allylic oxidation sites excluding steroid dienone is 2. The van der Waals surface area contributed by atoms with E-state index in [-0.39, 0.29) is 18.0 Å². The van der Waals surface area contributed by atoms with Crippen molar-refractivity contribution in [3.05, 3.63) is 64.2 Å². The van der Waals surface area contributed by atoms with Gasteiger partial charge in [-0.15, -0.1) is 5.10 Å². The van der Waals surface area contributed by atoms with E-state index in [1.54, 1.807) is 37.7 Å². The molecule has 0 saturated heterocycles. The van der Waals surface area contributed by atoms with Crippen molar-refractivity contribution in [1.82, 2.24) is 19.6 Å². The molecule has 0 amide bonds. The van der Waals surface area contributed by atoms with Crippen molar-refractivity contribution < 1.29 is 19.0 Å². The van der Waals surface area contributed by atoms with Crippen LogP contribution in [-0.4, -0.2) is 37.6 Å². The third-order valence-corrected chi connectivity index (χ3v) is 8.86. The number of nitrogens with zero attached hydrogens (tertiary/aromatic N) is 5. The smallest absolute Gasteiger partial charge is 0.252 e. The third kappa shape index (κ3) is 5.19. The topological polar surface area (TPSA) is 113 Å². The molecule has 2 aliphatic carbocycles. The Labute approximate surface area is 233 Å². The molecule has 2 aromatic heterocycles. The van der Waals surface area contributed by atoms with Gasteiger partial charge in [0.2, 0.25) is 0 Å². The van der Waals surface area contributed by atoms with Crippen molar-refractivity contribution >= 4 is 11.6 Å². The van der Waals surface area contributed by atoms with Gasteiger partial charge in [-0.25, -0.2) is 13.9 Å². The largest absolute Gasteiger partial charge is 0.512 e. The number of carbonyl (C=O) groups excluding carboxylic acids is 1. The number of nitriles is 1. The molecular weight excluding hydrogens is 509 g/mol. The number of ketones is 1. The molecular formula is C31H36FN5O3. The highest BCUT2D eigenvalue weighted by atomic mass is 19.1. The van der Waals surface area contributed by atoms with Crippen LogP contribution in [0.5, 0.6) is 5.75 Å². The number of Topliss-reactive ketones (excluding diaryl/α,β-unsaturated/α-hetero) is 1. The van der Waals surface area contributed by atoms with Crippen molar-refractivity contribution in [1.29, 1.82) is 5.26 Å². The fourth-order valence-corrected chi connectivity index (χ4v) is 6.55. The van der Waals surface area contributed by atoms with Crippen LogP contribution >= 0.6 is 0 Å². The van der Waals surface area contributed by atoms with Gasteiger partial charge < -0.3 is 9.84 Å². The number of aryl methyl sites for hydroxylation is 2. The molecule has 9 heteroatoms. The zero-order chi connectivity index (χ0) is 28.7. The summed E-state index contributed by atoms with van der Waals surface area (Å²) in [7, 11) is 1.54. The molecule has 0 spiro atoms. The summed E-state index contributed by atoms with van der Waals surface area (Å²) >= 11 is 0. The lowest BCUT2D eigenvalue weighted by atomic mass is 9.62. The van der Waals surface area contributed by atoms with Gasteiger partial charge in [0, 0.05) is 42.8 Å². The summed E-state index contributed by atoms with van der Waals surface area (Å²) in [5.74, 6) is 1.32. The second-order valence-corrected chi connectivity index (χ2v) is 12.0. The molecule has 8 nitrogen and oxygen atoms in total. The maximum Gasteiger partial charge on any atom is 0.252 e. The van der Waals surface area contributed by atoms with Gasteiger partial charge in [0.25, 0.3) is 5.78 Å². The maximum atomic E-state index is 15.2. The van der Waals surface area contributed by atoms with Crippen LogP contribution in [-0.2, 0) is 23.1 Å². The van der Waals surface area contributed by atoms with E-state index < -0.39 is 16.6 Å². The number of aliphatic hydroxyl groups excluding tert-OH is 1. The zero-order valence-electron chi connectivity index (χ0n) is 23.6. The van der Waals surface area contributed by atoms with Gasteiger partial charge in [0.05, 0.1) is 24.4 Å². The molecule has 0 aliphatic heterocycles. The number of carbonyl (C=O) groups is 1. The molecule has 40 heavy (non-hydrogen) atoms. The summed E-state index contributed by atoms with van der Waals surface area (Å²) in [6.45, 7) is 5.28. The number of aliphatic hydroxyl groups is 1. The summed E-state index contributed by atoms with van der Waals surface area (Å²) in [4.78, 5) is 22.3. The highest BCUT2D eigenvalue weighted by molar-refractivity contribution is 5.97. The lowest BCUT2D eigenvalue weighted by Gasteiger charge is -2.42. The first-order valence-electron chi connectivity index (χ1n) is 14.0. The minimum Gasteiger partial charge on any atom is -0.512 e. The summed E-state index contributed by atoms with van der Waals surface area (Å²) in [6, 6.07) is 5.24. The minimum absolute atomic E-state index is 0.0806. The number of methoxy groups -OCH3 is 1. The van der Waals surface area contributed by atoms with E-state index in [2.05, 4.69) is 21.1 Å². The Morgan fingerprint density at radius 2 is 2.02 bits per heavy atom. The summed E-state index contributed by atoms with van der Waals surface area (Å²) < 4.78 is 22.4. The van der Waals surface area contributed by atoms with Crippen LogP contribution in [0.4, 0.5) is 4.39 Å². The van der Waals surface area contributed by atoms with E-state index >= 15 is 4.39 Å². The Hall–Kier alpha value is -3.80. The third-order valence-electron chi connectivity index (χ3n) is 8.86. The molecule has 1 fully saturated rings. The van der Waals surface area contributed by atoms with Crippen molar-refractivity contribution in [2.45, 2.75) is 84.0 Å². The van der Waals surface area contributed by atoms with Gasteiger partial charge >= 0.3 is 0 Å². The lowest BCUT2D eigenvalue weighted by Crippen LogP contribution is -2.37. The molecule has 0 radical (unpaired) electrons. The van der Waals surface area contributed by atoms with Gasteiger partial charge in [-0.05, 0) is 81.0 Å². The van der Waals surface area contributed by atoms with Crippen molar-refractivity contribution in [2.24, 2.45) is 11.3 Å². The van der Waals surface area contributed by atoms with Crippen LogP contribution in [0.1, 0.15) is 81.3 Å². The number of rotatable bonds is 8. The fourth-order valence-electron chi connectivity index (χ4n) is 6.55. The normalized spacial score (nSPS) is 20.4. The SMILES string of the molecule is COc1cc(C(C)(C)C#N)c(F)cc1CCC1(C2CCCC2)CC(=O)C(Cc2nc3ncc(C)cn3n2)=C(O)C1. The minimum atomic E-state index is -0.992. The predicted octanol–water partition coefficient (Wildman–Crippen LogP) is 5.91. The average Bonchev–Trinajstić information content (AvgIpc) is 3.60. The second-order valence-electron chi connectivity index (χ2n) is 12.0. The fraction of sp³-hybridized carbons (Fsp3) is 0.516. The highest BCUT2D eigenvalue weighted by Crippen LogP contribution is 2.52. The van der Waals surface area contributed by atoms with E-state index in [0.717, 1.165) is 31.2 Å². The summed E-state index contributed by atoms with van der Waals surface area (Å²) in [5, 5.41) is 25.3. The number of hydrogen-bond acceptors (Lipinski definition) is 7. The number of halogens is 1. The van der Waals surface area contributed by atoms with Gasteiger partial charge in [-0.1, -0.05) is 12.8 Å². The van der Waals surface area contributed by atoms with Crippen LogP contribution in [0.15, 0.2) is 35.9 Å². The number of fused-ring (bicyclic) bond motifs is 1. The van der Waals surface area contributed by atoms with E-state index in [9.17, 15) is 15.2 Å². The molecule has 1 saturated carbocycles. The second kappa shape index (κ2) is 10.6. The lowest BCUT2D eigenvalue weighted by molar-refractivity contribution is -0.120. The summed E-state index contributed by atoms with van der Waals surface area (Å²) in [6.07, 6.45) is 9.76. The van der Waals surface area contributed by atoms with Gasteiger partial charge in [-0.2, -0.15) is 10.2 Å². The maximum absolute atomic E-state index is 15.2. The molecule has 0 bridgehead atoms. The van der Waals surface area contributed by atoms with E-state index in [1.807, 2.05) is 13.1 Å². The predicted molar refractivity (Wildman–Crippen MR) is 147 cm³/mol. The van der Waals surface area contributed by atoms with E-state index in [0.29, 0.717) is 65.7 Å². The monoisotopic (exact) mass is 545 g/mol. The first kappa shape index (κ1) is 27.8. The molecule has 3 aromatic rings. The van der Waals surface area contributed by atoms with Crippen molar-refractivity contribution in [2.75, 3.05) is 7.11 Å². The Morgan fingerprint density at radius 3 is 2.70 bits per heavy atom. The highest BCUT2D eigenvalue weighted by Gasteiger charge is 2.46. The summed E-state index contributed by atoms with van der Waals surface area (Å²) in [5.41, 5.74) is 0.902. The molecule has 2 aliphatic rings. The zero-order valence-corrected chi connectivity index (χ0v) is 23.6. The van der Waals surface area contributed by atoms with Crippen LogP contribution in [0, 0.1) is 35.4 Å². The van der Waals surface area contributed by atoms with Crippen molar-refractivity contribution in [3.8, 4) is 11.8 Å². The van der Waals surface area contributed by atoms with Crippen LogP contribution in [0.2, 0.25) is 0 Å². The van der Waals surface area contributed by atoms with E-state index in [4.69, 9.17) is 4.74 Å². The molecule has 5 rings (SSSR count). The molecule has 210 valence electrons. The molecule has 1 N–H and O–H groups in total. The van der Waals surface area contributed by atoms with Gasteiger partial charge in [0.1, 0.15) is 11.6 Å². The standard InChI is InChI=1S/C31H36FN5O3/c1-19-16-34-29-35-28(36-37(29)17-19)12-22-25(38)14-31(15-26(22)39,21-7-5-6-8-21)10-9-20-11-24(32)23(13-27(20)40-4)30(2,3)18-33/h11,13,16-17,21,38H,5-10,12,14-15H2,1-4H3. The molecule has 1 aromatic carbocycles. The number of benzene rings is 1. The van der Waals surface area contributed by atoms with Crippen LogP contribution in [0.25, 0.3) is 5.78 Å². The molecule has 1 unspecified atom stereocenters. The Balaban J connectivity index is 1.42.